The van der Waals surface area contributed by atoms with E-state index in [1.807, 2.05) is 0 Å². The Morgan fingerprint density at radius 1 is 1.05 bits per heavy atom. The minimum Gasteiger partial charge on any atom is -0.463 e. The molecule has 0 bridgehead atoms. The first-order valence-electron chi connectivity index (χ1n) is 8.36. The van der Waals surface area contributed by atoms with Gasteiger partial charge in [-0.2, -0.15) is 0 Å². The number of carbonyl (C=O) groups excluding carboxylic acids is 1. The van der Waals surface area contributed by atoms with Crippen molar-refractivity contribution in [1.29, 1.82) is 0 Å². The Labute approximate surface area is 132 Å². The molecule has 21 heavy (non-hydrogen) atoms. The second-order valence-corrected chi connectivity index (χ2v) is 6.36. The Kier molecular flexibility index (Phi) is 15.1. The van der Waals surface area contributed by atoms with Crippen molar-refractivity contribution in [1.82, 2.24) is 0 Å². The molecule has 126 valence electrons. The average Bonchev–Trinajstić information content (AvgIpc) is 2.37. The van der Waals surface area contributed by atoms with Gasteiger partial charge in [0.1, 0.15) is 0 Å². The first kappa shape index (κ1) is 22.5. The highest BCUT2D eigenvalue weighted by molar-refractivity contribution is 5.86. The molecular formula is C18H37NO2. The number of esters is 1. The fourth-order valence-corrected chi connectivity index (χ4v) is 1.79. The highest BCUT2D eigenvalue weighted by Crippen LogP contribution is 2.13. The van der Waals surface area contributed by atoms with Gasteiger partial charge in [-0.3, -0.25) is 0 Å². The Hall–Kier alpha value is -0.830. The van der Waals surface area contributed by atoms with Gasteiger partial charge in [0.2, 0.25) is 0 Å². The van der Waals surface area contributed by atoms with Crippen LogP contribution in [0, 0.1) is 0 Å². The van der Waals surface area contributed by atoms with Crippen LogP contribution in [0.5, 0.6) is 0 Å². The van der Waals surface area contributed by atoms with Gasteiger partial charge in [-0.1, -0.05) is 58.4 Å². The first-order chi connectivity index (χ1) is 9.74. The standard InChI is InChI=1S/C12H27N.C6H10O2/c1-4-5-6-7-8-9-10-11-12(2,3)13;1-4-8-6(7)5(2)3/h4-11,13H2,1-3H3;2,4H2,1,3H3. The molecule has 0 fully saturated rings. The fraction of sp³-hybridized carbons (Fsp3) is 0.833. The summed E-state index contributed by atoms with van der Waals surface area (Å²) in [5.41, 5.74) is 6.39. The molecule has 0 atom stereocenters. The maximum absolute atomic E-state index is 10.4. The Bertz CT molecular complexity index is 267. The molecule has 0 aliphatic heterocycles. The summed E-state index contributed by atoms with van der Waals surface area (Å²) >= 11 is 0. The van der Waals surface area contributed by atoms with Crippen LogP contribution in [-0.2, 0) is 9.53 Å². The summed E-state index contributed by atoms with van der Waals surface area (Å²) in [7, 11) is 0. The predicted octanol–water partition coefficient (Wildman–Crippen LogP) is 4.99. The maximum atomic E-state index is 10.4. The van der Waals surface area contributed by atoms with E-state index in [1.165, 1.54) is 51.4 Å². The Morgan fingerprint density at radius 3 is 1.86 bits per heavy atom. The van der Waals surface area contributed by atoms with Crippen LogP contribution in [0.25, 0.3) is 0 Å². The van der Waals surface area contributed by atoms with E-state index in [2.05, 4.69) is 32.1 Å². The van der Waals surface area contributed by atoms with Crippen molar-refractivity contribution in [3.05, 3.63) is 12.2 Å². The van der Waals surface area contributed by atoms with Gasteiger partial charge >= 0.3 is 5.97 Å². The van der Waals surface area contributed by atoms with Gasteiger partial charge in [0.05, 0.1) is 6.61 Å². The van der Waals surface area contributed by atoms with Crippen LogP contribution in [0.15, 0.2) is 12.2 Å². The van der Waals surface area contributed by atoms with Gasteiger partial charge < -0.3 is 10.5 Å². The summed E-state index contributed by atoms with van der Waals surface area (Å²) in [6, 6.07) is 0. The highest BCUT2D eigenvalue weighted by atomic mass is 16.5. The molecule has 0 amide bonds. The molecule has 0 aromatic rings. The minimum absolute atomic E-state index is 0.0451. The number of ether oxygens (including phenoxy) is 1. The van der Waals surface area contributed by atoms with Crippen LogP contribution in [0.3, 0.4) is 0 Å². The van der Waals surface area contributed by atoms with Crippen LogP contribution in [0.4, 0.5) is 0 Å². The first-order valence-corrected chi connectivity index (χ1v) is 8.36. The summed E-state index contributed by atoms with van der Waals surface area (Å²) in [4.78, 5) is 10.4. The van der Waals surface area contributed by atoms with Crippen molar-refractivity contribution in [2.24, 2.45) is 5.73 Å². The van der Waals surface area contributed by atoms with Gasteiger partial charge in [0.25, 0.3) is 0 Å². The minimum atomic E-state index is -0.312. The lowest BCUT2D eigenvalue weighted by Crippen LogP contribution is -2.31. The number of rotatable bonds is 10. The van der Waals surface area contributed by atoms with Gasteiger partial charge in [-0.25, -0.2) is 4.79 Å². The molecule has 0 saturated heterocycles. The number of carbonyl (C=O) groups is 1. The monoisotopic (exact) mass is 299 g/mol. The zero-order valence-corrected chi connectivity index (χ0v) is 15.0. The van der Waals surface area contributed by atoms with Crippen molar-refractivity contribution < 1.29 is 9.53 Å². The number of hydrogen-bond donors (Lipinski definition) is 1. The van der Waals surface area contributed by atoms with E-state index < -0.39 is 0 Å². The zero-order chi connectivity index (χ0) is 16.7. The molecule has 0 heterocycles. The third-order valence-corrected chi connectivity index (χ3v) is 3.05. The molecule has 0 saturated carbocycles. The maximum Gasteiger partial charge on any atom is 0.333 e. The summed E-state index contributed by atoms with van der Waals surface area (Å²) < 4.78 is 4.56. The van der Waals surface area contributed by atoms with E-state index in [0.717, 1.165) is 0 Å². The third-order valence-electron chi connectivity index (χ3n) is 3.05. The third kappa shape index (κ3) is 21.6. The van der Waals surface area contributed by atoms with E-state index in [0.29, 0.717) is 12.2 Å². The topological polar surface area (TPSA) is 52.3 Å². The smallest absolute Gasteiger partial charge is 0.333 e. The summed E-state index contributed by atoms with van der Waals surface area (Å²) in [5, 5.41) is 0. The molecule has 0 aromatic heterocycles. The van der Waals surface area contributed by atoms with Gasteiger partial charge in [0.15, 0.2) is 0 Å². The number of hydrogen-bond acceptors (Lipinski definition) is 3. The van der Waals surface area contributed by atoms with E-state index in [4.69, 9.17) is 5.73 Å². The van der Waals surface area contributed by atoms with Crippen molar-refractivity contribution in [3.63, 3.8) is 0 Å². The molecule has 0 rings (SSSR count). The molecule has 0 aliphatic carbocycles. The van der Waals surface area contributed by atoms with Crippen molar-refractivity contribution in [2.45, 2.75) is 91.5 Å². The summed E-state index contributed by atoms with van der Waals surface area (Å²) in [6.45, 7) is 13.7. The SMILES string of the molecule is C=C(C)C(=O)OCC.CCCCCCCCCC(C)(C)N. The predicted molar refractivity (Wildman–Crippen MR) is 92.3 cm³/mol. The largest absolute Gasteiger partial charge is 0.463 e. The molecule has 0 aromatic carbocycles. The zero-order valence-electron chi connectivity index (χ0n) is 15.0. The van der Waals surface area contributed by atoms with Crippen LogP contribution in [0.1, 0.15) is 86.0 Å². The lowest BCUT2D eigenvalue weighted by atomic mass is 9.97. The van der Waals surface area contributed by atoms with E-state index in [-0.39, 0.29) is 11.5 Å². The van der Waals surface area contributed by atoms with E-state index in [1.54, 1.807) is 13.8 Å². The Morgan fingerprint density at radius 2 is 1.52 bits per heavy atom. The molecule has 3 nitrogen and oxygen atoms in total. The quantitative estimate of drug-likeness (QED) is 0.351. The highest BCUT2D eigenvalue weighted by Gasteiger charge is 2.08. The number of nitrogens with two attached hydrogens (primary N) is 1. The van der Waals surface area contributed by atoms with Gasteiger partial charge in [0, 0.05) is 11.1 Å². The van der Waals surface area contributed by atoms with Gasteiger partial charge in [-0.15, -0.1) is 0 Å². The molecule has 0 unspecified atom stereocenters. The lowest BCUT2D eigenvalue weighted by Gasteiger charge is -2.17. The summed E-state index contributed by atoms with van der Waals surface area (Å²) in [5.74, 6) is -0.312. The van der Waals surface area contributed by atoms with Crippen LogP contribution in [-0.4, -0.2) is 18.1 Å². The Balaban J connectivity index is 0. The summed E-state index contributed by atoms with van der Waals surface area (Å²) in [6.07, 6.45) is 10.8. The van der Waals surface area contributed by atoms with Crippen molar-refractivity contribution >= 4 is 5.97 Å². The molecular weight excluding hydrogens is 262 g/mol. The normalized spacial score (nSPS) is 10.6. The van der Waals surface area contributed by atoms with Crippen LogP contribution >= 0.6 is 0 Å². The molecule has 2 N–H and O–H groups in total. The van der Waals surface area contributed by atoms with Gasteiger partial charge in [-0.05, 0) is 34.1 Å². The van der Waals surface area contributed by atoms with Crippen molar-refractivity contribution in [2.75, 3.05) is 6.61 Å². The second-order valence-electron chi connectivity index (χ2n) is 6.36. The fourth-order valence-electron chi connectivity index (χ4n) is 1.79. The molecule has 0 aliphatic rings. The number of unbranched alkanes of at least 4 members (excludes halogenated alkanes) is 6. The van der Waals surface area contributed by atoms with E-state index in [9.17, 15) is 4.79 Å². The molecule has 0 radical (unpaired) electrons. The molecule has 3 heteroatoms. The average molecular weight is 299 g/mol. The second kappa shape index (κ2) is 14.1. The lowest BCUT2D eigenvalue weighted by molar-refractivity contribution is -0.138. The molecule has 0 spiro atoms. The van der Waals surface area contributed by atoms with Crippen LogP contribution < -0.4 is 5.73 Å². The van der Waals surface area contributed by atoms with E-state index >= 15 is 0 Å². The van der Waals surface area contributed by atoms with Crippen LogP contribution in [0.2, 0.25) is 0 Å². The van der Waals surface area contributed by atoms with Crippen molar-refractivity contribution in [3.8, 4) is 0 Å².